The molecule has 0 aliphatic heterocycles. The molecule has 8 heteroatoms. The number of ether oxygens (including phenoxy) is 1. The van der Waals surface area contributed by atoms with E-state index in [2.05, 4.69) is 26.3 Å². The van der Waals surface area contributed by atoms with Crippen molar-refractivity contribution in [2.75, 3.05) is 12.0 Å². The molecule has 0 unspecified atom stereocenters. The van der Waals surface area contributed by atoms with E-state index in [1.165, 1.54) is 0 Å². The summed E-state index contributed by atoms with van der Waals surface area (Å²) in [6.07, 6.45) is 0. The van der Waals surface area contributed by atoms with Crippen molar-refractivity contribution in [1.29, 1.82) is 0 Å². The van der Waals surface area contributed by atoms with Crippen molar-refractivity contribution in [3.05, 3.63) is 80.3 Å². The van der Waals surface area contributed by atoms with E-state index in [1.54, 1.807) is 30.3 Å². The van der Waals surface area contributed by atoms with E-state index >= 15 is 0 Å². The Bertz CT molecular complexity index is 1330. The average Bonchev–Trinajstić information content (AvgIpc) is 2.69. The van der Waals surface area contributed by atoms with Crippen LogP contribution in [0.2, 0.25) is 0 Å². The maximum atomic E-state index is 12.5. The highest BCUT2D eigenvalue weighted by Gasteiger charge is 2.09. The molecule has 0 spiro atoms. The Labute approximate surface area is 172 Å². The Morgan fingerprint density at radius 3 is 2.71 bits per heavy atom. The zero-order valence-electron chi connectivity index (χ0n) is 14.4. The summed E-state index contributed by atoms with van der Waals surface area (Å²) >= 11 is 8.61. The predicted molar refractivity (Wildman–Crippen MR) is 115 cm³/mol. The van der Waals surface area contributed by atoms with Gasteiger partial charge in [0.25, 0.3) is 11.5 Å². The molecule has 2 N–H and O–H groups in total. The lowest BCUT2D eigenvalue weighted by atomic mass is 10.1. The predicted octanol–water partition coefficient (Wildman–Crippen LogP) is 4.12. The van der Waals surface area contributed by atoms with E-state index in [0.717, 1.165) is 19.9 Å². The van der Waals surface area contributed by atoms with Gasteiger partial charge in [-0.3, -0.25) is 15.0 Å². The Morgan fingerprint density at radius 1 is 1.11 bits per heavy atom. The van der Waals surface area contributed by atoms with Crippen LogP contribution in [0.25, 0.3) is 21.7 Å². The first-order chi connectivity index (χ1) is 13.5. The van der Waals surface area contributed by atoms with Crippen LogP contribution in [-0.2, 0) is 4.79 Å². The van der Waals surface area contributed by atoms with E-state index < -0.39 is 11.5 Å². The summed E-state index contributed by atoms with van der Waals surface area (Å²) in [5, 5.41) is 2.48. The standard InChI is InChI=1S/C20H14BrN3O3S/c21-14-7-5-13-10-15(8-6-12(13)9-14)27-11-18(25)23-24-19(26)16-3-1-2-4-17(16)22-20(24)28/h1-10H,11H2,(H,22,28)(H,23,25). The van der Waals surface area contributed by atoms with Crippen LogP contribution in [0.15, 0.2) is 69.9 Å². The number of benzene rings is 3. The molecule has 4 rings (SSSR count). The van der Waals surface area contributed by atoms with Crippen LogP contribution in [0, 0.1) is 4.77 Å². The van der Waals surface area contributed by atoms with Gasteiger partial charge in [-0.2, -0.15) is 4.68 Å². The molecule has 0 atom stereocenters. The second-order valence-corrected chi connectivity index (χ2v) is 7.40. The minimum Gasteiger partial charge on any atom is -0.484 e. The van der Waals surface area contributed by atoms with Crippen LogP contribution in [0.5, 0.6) is 5.75 Å². The normalized spacial score (nSPS) is 10.9. The first-order valence-corrected chi connectivity index (χ1v) is 9.57. The molecule has 6 nitrogen and oxygen atoms in total. The fraction of sp³-hybridized carbons (Fsp3) is 0.0500. The number of carbonyl (C=O) groups excluding carboxylic acids is 1. The number of halogens is 1. The van der Waals surface area contributed by atoms with E-state index in [-0.39, 0.29) is 11.4 Å². The van der Waals surface area contributed by atoms with Gasteiger partial charge in [-0.15, -0.1) is 0 Å². The highest BCUT2D eigenvalue weighted by molar-refractivity contribution is 9.10. The van der Waals surface area contributed by atoms with Crippen LogP contribution in [0.4, 0.5) is 0 Å². The Balaban J connectivity index is 1.51. The van der Waals surface area contributed by atoms with E-state index in [4.69, 9.17) is 17.0 Å². The molecule has 1 aromatic heterocycles. The first kappa shape index (κ1) is 18.4. The summed E-state index contributed by atoms with van der Waals surface area (Å²) in [5.41, 5.74) is 2.70. The Morgan fingerprint density at radius 2 is 1.86 bits per heavy atom. The molecule has 28 heavy (non-hydrogen) atoms. The number of fused-ring (bicyclic) bond motifs is 2. The van der Waals surface area contributed by atoms with E-state index in [9.17, 15) is 9.59 Å². The van der Waals surface area contributed by atoms with Crippen molar-refractivity contribution in [2.24, 2.45) is 0 Å². The van der Waals surface area contributed by atoms with Crippen LogP contribution in [-0.4, -0.2) is 22.2 Å². The molecule has 140 valence electrons. The number of nitrogens with one attached hydrogen (secondary N) is 2. The van der Waals surface area contributed by atoms with E-state index in [0.29, 0.717) is 16.7 Å². The SMILES string of the molecule is O=C(COc1ccc2cc(Br)ccc2c1)Nn1c(=S)[nH]c2ccccc2c1=O. The van der Waals surface area contributed by atoms with Crippen molar-refractivity contribution in [1.82, 2.24) is 9.66 Å². The summed E-state index contributed by atoms with van der Waals surface area (Å²) in [6.45, 7) is -0.254. The smallest absolute Gasteiger partial charge is 0.281 e. The third-order valence-corrected chi connectivity index (χ3v) is 4.96. The van der Waals surface area contributed by atoms with Crippen molar-refractivity contribution < 1.29 is 9.53 Å². The van der Waals surface area contributed by atoms with Crippen LogP contribution in [0.1, 0.15) is 0 Å². The fourth-order valence-electron chi connectivity index (χ4n) is 2.85. The third kappa shape index (κ3) is 3.69. The van der Waals surface area contributed by atoms with Crippen molar-refractivity contribution in [3.8, 4) is 5.75 Å². The lowest BCUT2D eigenvalue weighted by molar-refractivity contribution is -0.119. The Kier molecular flexibility index (Phi) is 4.97. The minimum absolute atomic E-state index is 0.105. The van der Waals surface area contributed by atoms with Gasteiger partial charge in [-0.25, -0.2) is 0 Å². The van der Waals surface area contributed by atoms with Gasteiger partial charge in [-0.05, 0) is 59.4 Å². The number of hydrogen-bond acceptors (Lipinski definition) is 4. The van der Waals surface area contributed by atoms with Crippen molar-refractivity contribution in [2.45, 2.75) is 0 Å². The van der Waals surface area contributed by atoms with Crippen molar-refractivity contribution in [3.63, 3.8) is 0 Å². The molecule has 0 saturated carbocycles. The number of hydrogen-bond donors (Lipinski definition) is 2. The van der Waals surface area contributed by atoms with Crippen LogP contribution < -0.4 is 15.7 Å². The topological polar surface area (TPSA) is 76.1 Å². The Hall–Kier alpha value is -2.97. The largest absolute Gasteiger partial charge is 0.484 e. The number of nitrogens with zero attached hydrogens (tertiary/aromatic N) is 1. The maximum Gasteiger partial charge on any atom is 0.281 e. The summed E-state index contributed by atoms with van der Waals surface area (Å²) in [4.78, 5) is 27.7. The number of para-hydroxylation sites is 1. The molecular formula is C20H14BrN3O3S. The first-order valence-electron chi connectivity index (χ1n) is 8.37. The second-order valence-electron chi connectivity index (χ2n) is 6.09. The number of rotatable bonds is 4. The van der Waals surface area contributed by atoms with Gasteiger partial charge in [-0.1, -0.05) is 40.2 Å². The molecule has 0 saturated heterocycles. The molecule has 0 radical (unpaired) electrons. The number of amides is 1. The molecule has 0 fully saturated rings. The monoisotopic (exact) mass is 455 g/mol. The average molecular weight is 456 g/mol. The molecular weight excluding hydrogens is 442 g/mol. The molecule has 1 amide bonds. The number of aromatic amines is 1. The fourth-order valence-corrected chi connectivity index (χ4v) is 3.47. The van der Waals surface area contributed by atoms with Gasteiger partial charge in [0.15, 0.2) is 11.4 Å². The van der Waals surface area contributed by atoms with E-state index in [1.807, 2.05) is 30.3 Å². The molecule has 3 aromatic carbocycles. The molecule has 0 bridgehead atoms. The summed E-state index contributed by atoms with van der Waals surface area (Å²) in [7, 11) is 0. The zero-order chi connectivity index (χ0) is 19.7. The van der Waals surface area contributed by atoms with Crippen molar-refractivity contribution >= 4 is 55.7 Å². The molecule has 0 aliphatic rings. The molecule has 1 heterocycles. The second kappa shape index (κ2) is 7.57. The van der Waals surface area contributed by atoms with Gasteiger partial charge in [0.1, 0.15) is 5.75 Å². The summed E-state index contributed by atoms with van der Waals surface area (Å²) < 4.78 is 7.67. The lowest BCUT2D eigenvalue weighted by Gasteiger charge is -2.11. The summed E-state index contributed by atoms with van der Waals surface area (Å²) in [6, 6.07) is 18.4. The molecule has 0 aliphatic carbocycles. The van der Waals surface area contributed by atoms with Crippen LogP contribution in [0.3, 0.4) is 0 Å². The zero-order valence-corrected chi connectivity index (χ0v) is 16.8. The number of H-pyrrole nitrogens is 1. The maximum absolute atomic E-state index is 12.5. The van der Waals surface area contributed by atoms with Gasteiger partial charge in [0, 0.05) is 4.47 Å². The number of carbonyl (C=O) groups is 1. The van der Waals surface area contributed by atoms with Crippen LogP contribution >= 0.6 is 28.1 Å². The van der Waals surface area contributed by atoms with Gasteiger partial charge in [0.2, 0.25) is 0 Å². The number of aromatic nitrogens is 2. The highest BCUT2D eigenvalue weighted by Crippen LogP contribution is 2.24. The van der Waals surface area contributed by atoms with Gasteiger partial charge < -0.3 is 9.72 Å². The third-order valence-electron chi connectivity index (χ3n) is 4.19. The summed E-state index contributed by atoms with van der Waals surface area (Å²) in [5.74, 6) is 0.0637. The highest BCUT2D eigenvalue weighted by atomic mass is 79.9. The van der Waals surface area contributed by atoms with Gasteiger partial charge >= 0.3 is 0 Å². The minimum atomic E-state index is -0.493. The van der Waals surface area contributed by atoms with Gasteiger partial charge in [0.05, 0.1) is 10.9 Å². The lowest BCUT2D eigenvalue weighted by Crippen LogP contribution is -2.36. The molecule has 4 aromatic rings. The quantitative estimate of drug-likeness (QED) is 0.453.